The van der Waals surface area contributed by atoms with Crippen molar-refractivity contribution in [3.63, 3.8) is 0 Å². The Bertz CT molecular complexity index is 536. The Morgan fingerprint density at radius 1 is 1.60 bits per heavy atom. The van der Waals surface area contributed by atoms with Gasteiger partial charge in [-0.3, -0.25) is 4.79 Å². The molecule has 0 aliphatic carbocycles. The number of nitrogens with zero attached hydrogens (tertiary/aromatic N) is 2. The van der Waals surface area contributed by atoms with Crippen LogP contribution in [-0.2, 0) is 0 Å². The molecule has 0 saturated carbocycles. The number of fused-ring (bicyclic) bond motifs is 1. The van der Waals surface area contributed by atoms with Crippen LogP contribution in [0.4, 0.5) is 0 Å². The van der Waals surface area contributed by atoms with Gasteiger partial charge in [-0.15, -0.1) is 6.42 Å². The van der Waals surface area contributed by atoms with Gasteiger partial charge in [-0.05, 0) is 12.1 Å². The molecule has 0 aliphatic heterocycles. The van der Waals surface area contributed by atoms with E-state index in [0.717, 1.165) is 5.65 Å². The van der Waals surface area contributed by atoms with E-state index in [1.807, 2.05) is 0 Å². The molecule has 74 valence electrons. The molecule has 1 amide bonds. The first-order valence-electron chi connectivity index (χ1n) is 4.45. The van der Waals surface area contributed by atoms with E-state index < -0.39 is 0 Å². The van der Waals surface area contributed by atoms with Crippen LogP contribution < -0.4 is 5.32 Å². The predicted molar refractivity (Wildman–Crippen MR) is 56.4 cm³/mol. The van der Waals surface area contributed by atoms with Crippen LogP contribution in [0.5, 0.6) is 0 Å². The number of hydrogen-bond acceptors (Lipinski definition) is 2. The van der Waals surface area contributed by atoms with Crippen LogP contribution >= 0.6 is 0 Å². The Kier molecular flexibility index (Phi) is 2.38. The maximum atomic E-state index is 11.5. The van der Waals surface area contributed by atoms with Crippen LogP contribution in [0, 0.1) is 12.3 Å². The van der Waals surface area contributed by atoms with Crippen LogP contribution in [0.1, 0.15) is 10.4 Å². The average molecular weight is 199 g/mol. The largest absolute Gasteiger partial charge is 0.341 e. The lowest BCUT2D eigenvalue weighted by Gasteiger charge is -2.01. The second-order valence-corrected chi connectivity index (χ2v) is 3.00. The highest BCUT2D eigenvalue weighted by molar-refractivity contribution is 5.94. The van der Waals surface area contributed by atoms with E-state index in [2.05, 4.69) is 16.2 Å². The molecule has 0 spiro atoms. The van der Waals surface area contributed by atoms with Gasteiger partial charge >= 0.3 is 0 Å². The van der Waals surface area contributed by atoms with Crippen LogP contribution in [0.3, 0.4) is 0 Å². The van der Waals surface area contributed by atoms with Crippen LogP contribution in [0.15, 0.2) is 30.7 Å². The maximum absolute atomic E-state index is 11.5. The van der Waals surface area contributed by atoms with Crippen molar-refractivity contribution in [1.29, 1.82) is 0 Å². The number of rotatable bonds is 2. The summed E-state index contributed by atoms with van der Waals surface area (Å²) in [4.78, 5) is 15.6. The molecule has 2 rings (SSSR count). The molecular formula is C11H9N3O. The van der Waals surface area contributed by atoms with Gasteiger partial charge in [-0.25, -0.2) is 4.98 Å². The topological polar surface area (TPSA) is 46.4 Å². The van der Waals surface area contributed by atoms with Gasteiger partial charge in [-0.2, -0.15) is 0 Å². The summed E-state index contributed by atoms with van der Waals surface area (Å²) in [5.41, 5.74) is 1.37. The summed E-state index contributed by atoms with van der Waals surface area (Å²) < 4.78 is 1.78. The van der Waals surface area contributed by atoms with E-state index in [9.17, 15) is 4.79 Å². The Labute approximate surface area is 86.9 Å². The molecule has 0 aromatic carbocycles. The van der Waals surface area contributed by atoms with E-state index in [0.29, 0.717) is 5.56 Å². The van der Waals surface area contributed by atoms with Gasteiger partial charge in [0.15, 0.2) is 0 Å². The Balaban J connectivity index is 2.28. The van der Waals surface area contributed by atoms with E-state index in [1.165, 1.54) is 0 Å². The fourth-order valence-electron chi connectivity index (χ4n) is 1.29. The number of aromatic nitrogens is 2. The summed E-state index contributed by atoms with van der Waals surface area (Å²) in [5.74, 6) is 2.17. The summed E-state index contributed by atoms with van der Waals surface area (Å²) in [5, 5.41) is 2.60. The van der Waals surface area contributed by atoms with Gasteiger partial charge in [0.1, 0.15) is 5.65 Å². The lowest BCUT2D eigenvalue weighted by molar-refractivity contribution is 0.0958. The van der Waals surface area contributed by atoms with Crippen molar-refractivity contribution in [1.82, 2.24) is 14.7 Å². The Morgan fingerprint density at radius 2 is 2.47 bits per heavy atom. The van der Waals surface area contributed by atoms with Crippen molar-refractivity contribution in [2.24, 2.45) is 0 Å². The fraction of sp³-hybridized carbons (Fsp3) is 0.0909. The van der Waals surface area contributed by atoms with Crippen molar-refractivity contribution < 1.29 is 4.79 Å². The van der Waals surface area contributed by atoms with Gasteiger partial charge < -0.3 is 9.72 Å². The Hall–Kier alpha value is -2.28. The number of imidazole rings is 1. The first kappa shape index (κ1) is 9.28. The minimum atomic E-state index is -0.177. The average Bonchev–Trinajstić information content (AvgIpc) is 2.72. The first-order chi connectivity index (χ1) is 7.31. The third-order valence-corrected chi connectivity index (χ3v) is 2.00. The van der Waals surface area contributed by atoms with Crippen molar-refractivity contribution in [3.8, 4) is 12.3 Å². The molecule has 4 nitrogen and oxygen atoms in total. The predicted octanol–water partition coefficient (Wildman–Crippen LogP) is 0.697. The quantitative estimate of drug-likeness (QED) is 0.723. The van der Waals surface area contributed by atoms with Crippen molar-refractivity contribution >= 4 is 11.6 Å². The second-order valence-electron chi connectivity index (χ2n) is 3.00. The van der Waals surface area contributed by atoms with Crippen molar-refractivity contribution in [2.45, 2.75) is 0 Å². The van der Waals surface area contributed by atoms with Gasteiger partial charge in [0.25, 0.3) is 5.91 Å². The normalized spacial score (nSPS) is 9.80. The second kappa shape index (κ2) is 3.84. The van der Waals surface area contributed by atoms with Gasteiger partial charge in [0.2, 0.25) is 0 Å². The van der Waals surface area contributed by atoms with Crippen molar-refractivity contribution in [2.75, 3.05) is 6.54 Å². The molecule has 0 unspecified atom stereocenters. The van der Waals surface area contributed by atoms with Gasteiger partial charge in [0, 0.05) is 18.6 Å². The van der Waals surface area contributed by atoms with Crippen LogP contribution in [0.2, 0.25) is 0 Å². The molecule has 0 aliphatic rings. The zero-order valence-corrected chi connectivity index (χ0v) is 7.97. The molecule has 15 heavy (non-hydrogen) atoms. The number of hydrogen-bond donors (Lipinski definition) is 1. The molecule has 4 heteroatoms. The summed E-state index contributed by atoms with van der Waals surface area (Å²) >= 11 is 0. The van der Waals surface area contributed by atoms with Gasteiger partial charge in [0.05, 0.1) is 12.1 Å². The zero-order chi connectivity index (χ0) is 10.7. The zero-order valence-electron chi connectivity index (χ0n) is 7.97. The van der Waals surface area contributed by atoms with E-state index >= 15 is 0 Å². The molecule has 0 radical (unpaired) electrons. The molecule has 0 bridgehead atoms. The third kappa shape index (κ3) is 1.81. The molecule has 0 fully saturated rings. The number of terminal acetylenes is 1. The molecule has 2 aromatic heterocycles. The third-order valence-electron chi connectivity index (χ3n) is 2.00. The highest BCUT2D eigenvalue weighted by atomic mass is 16.1. The lowest BCUT2D eigenvalue weighted by Crippen LogP contribution is -2.23. The summed E-state index contributed by atoms with van der Waals surface area (Å²) in [7, 11) is 0. The first-order valence-corrected chi connectivity index (χ1v) is 4.45. The number of carbonyl (C=O) groups excluding carboxylic acids is 1. The molecule has 1 N–H and O–H groups in total. The van der Waals surface area contributed by atoms with Crippen LogP contribution in [0.25, 0.3) is 5.65 Å². The maximum Gasteiger partial charge on any atom is 0.253 e. The number of nitrogens with one attached hydrogen (secondary N) is 1. The lowest BCUT2D eigenvalue weighted by atomic mass is 10.2. The fourth-order valence-corrected chi connectivity index (χ4v) is 1.29. The minimum absolute atomic E-state index is 0.177. The molecular weight excluding hydrogens is 190 g/mol. The van der Waals surface area contributed by atoms with Crippen molar-refractivity contribution in [3.05, 3.63) is 36.3 Å². The molecule has 2 aromatic rings. The molecule has 2 heterocycles. The van der Waals surface area contributed by atoms with E-state index in [-0.39, 0.29) is 12.5 Å². The minimum Gasteiger partial charge on any atom is -0.341 e. The number of carbonyl (C=O) groups is 1. The van der Waals surface area contributed by atoms with E-state index in [4.69, 9.17) is 6.42 Å². The number of pyridine rings is 1. The van der Waals surface area contributed by atoms with E-state index in [1.54, 1.807) is 35.1 Å². The van der Waals surface area contributed by atoms with Crippen LogP contribution in [-0.4, -0.2) is 21.8 Å². The highest BCUT2D eigenvalue weighted by Gasteiger charge is 2.04. The summed E-state index contributed by atoms with van der Waals surface area (Å²) in [6.45, 7) is 0.237. The van der Waals surface area contributed by atoms with Gasteiger partial charge in [-0.1, -0.05) is 5.92 Å². The number of amides is 1. The highest BCUT2D eigenvalue weighted by Crippen LogP contribution is 2.04. The molecule has 0 atom stereocenters. The SMILES string of the molecule is C#CCNC(=O)c1ccc2nccn2c1. The Morgan fingerprint density at radius 3 is 3.27 bits per heavy atom. The smallest absolute Gasteiger partial charge is 0.253 e. The summed E-state index contributed by atoms with van der Waals surface area (Å²) in [6, 6.07) is 3.50. The monoisotopic (exact) mass is 199 g/mol. The summed E-state index contributed by atoms with van der Waals surface area (Å²) in [6.07, 6.45) is 10.2. The molecule has 0 saturated heterocycles. The standard InChI is InChI=1S/C11H9N3O/c1-2-5-13-11(15)9-3-4-10-12-6-7-14(10)8-9/h1,3-4,6-8H,5H2,(H,13,15).